The molecule has 20 heavy (non-hydrogen) atoms. The summed E-state index contributed by atoms with van der Waals surface area (Å²) >= 11 is 5.83. The Labute approximate surface area is 120 Å². The summed E-state index contributed by atoms with van der Waals surface area (Å²) in [7, 11) is 0. The minimum Gasteiger partial charge on any atom is -0.450 e. The molecule has 0 aromatic heterocycles. The van der Waals surface area contributed by atoms with E-state index in [1.54, 1.807) is 18.2 Å². The lowest BCUT2D eigenvalue weighted by Crippen LogP contribution is -1.95. The Balaban J connectivity index is 2.36. The second-order valence-corrected chi connectivity index (χ2v) is 4.65. The molecule has 0 amide bonds. The number of aliphatic hydroxyl groups excluding tert-OH is 1. The lowest BCUT2D eigenvalue weighted by Gasteiger charge is -2.09. The van der Waals surface area contributed by atoms with Crippen LogP contribution in [0.15, 0.2) is 36.4 Å². The predicted octanol–water partition coefficient (Wildman–Crippen LogP) is 3.84. The zero-order valence-electron chi connectivity index (χ0n) is 10.7. The molecule has 5 nitrogen and oxygen atoms in total. The number of rotatable bonds is 4. The number of hydrogen-bond acceptors (Lipinski definition) is 4. The molecule has 0 spiro atoms. The highest BCUT2D eigenvalue weighted by Gasteiger charge is 2.16. The first-order chi connectivity index (χ1) is 9.51. The average Bonchev–Trinajstić information content (AvgIpc) is 2.38. The minimum absolute atomic E-state index is 0.0660. The molecule has 6 heteroatoms. The normalized spacial score (nSPS) is 10.3. The number of hydrogen-bond donors (Lipinski definition) is 1. The molecule has 1 N–H and O–H groups in total. The van der Waals surface area contributed by atoms with Gasteiger partial charge in [-0.2, -0.15) is 0 Å². The molecular formula is C14H12ClNO4. The molecule has 2 rings (SSSR count). The molecule has 0 aliphatic carbocycles. The number of aliphatic hydroxyl groups is 1. The molecule has 104 valence electrons. The monoisotopic (exact) mass is 293 g/mol. The van der Waals surface area contributed by atoms with Crippen LogP contribution in [0, 0.1) is 17.0 Å². The lowest BCUT2D eigenvalue weighted by molar-refractivity contribution is -0.385. The Bertz CT molecular complexity index is 658. The molecule has 0 aliphatic rings. The molecular weight excluding hydrogens is 282 g/mol. The van der Waals surface area contributed by atoms with Gasteiger partial charge in [-0.3, -0.25) is 10.1 Å². The van der Waals surface area contributed by atoms with Gasteiger partial charge in [-0.05, 0) is 36.2 Å². The van der Waals surface area contributed by atoms with Gasteiger partial charge < -0.3 is 9.84 Å². The third-order valence-electron chi connectivity index (χ3n) is 2.83. The molecule has 0 saturated carbocycles. The Kier molecular flexibility index (Phi) is 4.22. The first kappa shape index (κ1) is 14.3. The van der Waals surface area contributed by atoms with E-state index in [2.05, 4.69) is 0 Å². The van der Waals surface area contributed by atoms with Crippen molar-refractivity contribution in [2.45, 2.75) is 13.5 Å². The van der Waals surface area contributed by atoms with Crippen molar-refractivity contribution in [2.24, 2.45) is 0 Å². The van der Waals surface area contributed by atoms with E-state index in [1.807, 2.05) is 6.92 Å². The maximum atomic E-state index is 10.9. The summed E-state index contributed by atoms with van der Waals surface area (Å²) in [6.45, 7) is 1.76. The highest BCUT2D eigenvalue weighted by Crippen LogP contribution is 2.34. The quantitative estimate of drug-likeness (QED) is 0.686. The SMILES string of the molecule is Cc1cc(Oc2cc(Cl)ccc2[N+](=O)[O-])ccc1CO. The van der Waals surface area contributed by atoms with Crippen molar-refractivity contribution in [1.82, 2.24) is 0 Å². The number of nitro benzene ring substituents is 1. The van der Waals surface area contributed by atoms with Crippen LogP contribution in [0.1, 0.15) is 11.1 Å². The average molecular weight is 294 g/mol. The van der Waals surface area contributed by atoms with E-state index in [1.165, 1.54) is 18.2 Å². The van der Waals surface area contributed by atoms with Gasteiger partial charge in [0.25, 0.3) is 0 Å². The third-order valence-corrected chi connectivity index (χ3v) is 3.07. The van der Waals surface area contributed by atoms with Crippen LogP contribution >= 0.6 is 11.6 Å². The number of benzene rings is 2. The van der Waals surface area contributed by atoms with Gasteiger partial charge in [-0.1, -0.05) is 17.7 Å². The van der Waals surface area contributed by atoms with Gasteiger partial charge >= 0.3 is 5.69 Å². The molecule has 0 fully saturated rings. The summed E-state index contributed by atoms with van der Waals surface area (Å²) in [6, 6.07) is 9.19. The molecule has 0 unspecified atom stereocenters. The van der Waals surface area contributed by atoms with Crippen molar-refractivity contribution in [3.05, 3.63) is 62.7 Å². The fourth-order valence-electron chi connectivity index (χ4n) is 1.76. The number of nitro groups is 1. The summed E-state index contributed by atoms with van der Waals surface area (Å²) in [5.74, 6) is 0.531. The highest BCUT2D eigenvalue weighted by molar-refractivity contribution is 6.30. The first-order valence-electron chi connectivity index (χ1n) is 5.83. The van der Waals surface area contributed by atoms with Gasteiger partial charge in [0.1, 0.15) is 5.75 Å². The topological polar surface area (TPSA) is 72.6 Å². The fraction of sp³-hybridized carbons (Fsp3) is 0.143. The summed E-state index contributed by atoms with van der Waals surface area (Å²) in [6.07, 6.45) is 0. The van der Waals surface area contributed by atoms with Crippen LogP contribution in [0.5, 0.6) is 11.5 Å². The van der Waals surface area contributed by atoms with Crippen LogP contribution < -0.4 is 4.74 Å². The van der Waals surface area contributed by atoms with E-state index in [4.69, 9.17) is 21.4 Å². The van der Waals surface area contributed by atoms with Crippen LogP contribution in [0.3, 0.4) is 0 Å². The zero-order chi connectivity index (χ0) is 14.7. The predicted molar refractivity (Wildman–Crippen MR) is 75.3 cm³/mol. The van der Waals surface area contributed by atoms with Crippen molar-refractivity contribution in [2.75, 3.05) is 0 Å². The first-order valence-corrected chi connectivity index (χ1v) is 6.21. The van der Waals surface area contributed by atoms with Crippen molar-refractivity contribution >= 4 is 17.3 Å². The number of nitrogens with zero attached hydrogens (tertiary/aromatic N) is 1. The molecule has 0 saturated heterocycles. The number of halogens is 1. The van der Waals surface area contributed by atoms with Crippen LogP contribution in [-0.2, 0) is 6.61 Å². The van der Waals surface area contributed by atoms with Crippen LogP contribution in [-0.4, -0.2) is 10.0 Å². The summed E-state index contributed by atoms with van der Waals surface area (Å²) in [5, 5.41) is 20.4. The summed E-state index contributed by atoms with van der Waals surface area (Å²) in [4.78, 5) is 10.4. The van der Waals surface area contributed by atoms with Gasteiger partial charge in [0, 0.05) is 17.2 Å². The van der Waals surface area contributed by atoms with Gasteiger partial charge in [-0.25, -0.2) is 0 Å². The Morgan fingerprint density at radius 1 is 1.30 bits per heavy atom. The molecule has 0 heterocycles. The van der Waals surface area contributed by atoms with Crippen molar-refractivity contribution in [3.8, 4) is 11.5 Å². The maximum Gasteiger partial charge on any atom is 0.311 e. The van der Waals surface area contributed by atoms with Crippen molar-refractivity contribution in [1.29, 1.82) is 0 Å². The summed E-state index contributed by atoms with van der Waals surface area (Å²) < 4.78 is 5.52. The van der Waals surface area contributed by atoms with Gasteiger partial charge in [0.2, 0.25) is 5.75 Å². The highest BCUT2D eigenvalue weighted by atomic mass is 35.5. The fourth-order valence-corrected chi connectivity index (χ4v) is 1.92. The van der Waals surface area contributed by atoms with Crippen LogP contribution in [0.4, 0.5) is 5.69 Å². The maximum absolute atomic E-state index is 10.9. The van der Waals surface area contributed by atoms with Gasteiger partial charge in [-0.15, -0.1) is 0 Å². The van der Waals surface area contributed by atoms with E-state index >= 15 is 0 Å². The third kappa shape index (κ3) is 3.07. The zero-order valence-corrected chi connectivity index (χ0v) is 11.4. The standard InChI is InChI=1S/C14H12ClNO4/c1-9-6-12(4-2-10(9)8-17)20-14-7-11(15)3-5-13(14)16(18)19/h2-7,17H,8H2,1H3. The van der Waals surface area contributed by atoms with Crippen LogP contribution in [0.25, 0.3) is 0 Å². The van der Waals surface area contributed by atoms with E-state index in [0.29, 0.717) is 10.8 Å². The molecule has 0 atom stereocenters. The lowest BCUT2D eigenvalue weighted by atomic mass is 10.1. The van der Waals surface area contributed by atoms with Crippen LogP contribution in [0.2, 0.25) is 5.02 Å². The van der Waals surface area contributed by atoms with Gasteiger partial charge in [0.15, 0.2) is 0 Å². The molecule has 0 aliphatic heterocycles. The second-order valence-electron chi connectivity index (χ2n) is 4.22. The largest absolute Gasteiger partial charge is 0.450 e. The smallest absolute Gasteiger partial charge is 0.311 e. The number of aryl methyl sites for hydroxylation is 1. The minimum atomic E-state index is -0.527. The molecule has 0 bridgehead atoms. The molecule has 2 aromatic carbocycles. The molecule has 0 radical (unpaired) electrons. The van der Waals surface area contributed by atoms with Gasteiger partial charge in [0.05, 0.1) is 11.5 Å². The Morgan fingerprint density at radius 2 is 2.05 bits per heavy atom. The van der Waals surface area contributed by atoms with Crippen molar-refractivity contribution < 1.29 is 14.8 Å². The Morgan fingerprint density at radius 3 is 2.65 bits per heavy atom. The van der Waals surface area contributed by atoms with Crippen molar-refractivity contribution in [3.63, 3.8) is 0 Å². The Hall–Kier alpha value is -2.11. The molecule has 2 aromatic rings. The van der Waals surface area contributed by atoms with E-state index < -0.39 is 4.92 Å². The second kappa shape index (κ2) is 5.90. The van der Waals surface area contributed by atoms with E-state index in [9.17, 15) is 10.1 Å². The van der Waals surface area contributed by atoms with E-state index in [0.717, 1.165) is 11.1 Å². The summed E-state index contributed by atoms with van der Waals surface area (Å²) in [5.41, 5.74) is 1.46. The van der Waals surface area contributed by atoms with E-state index in [-0.39, 0.29) is 18.0 Å². The number of ether oxygens (including phenoxy) is 1.